The zero-order valence-corrected chi connectivity index (χ0v) is 19.4. The van der Waals surface area contributed by atoms with Gasteiger partial charge in [-0.05, 0) is 48.1 Å². The number of carbonyl (C=O) groups excluding carboxylic acids is 2. The van der Waals surface area contributed by atoms with E-state index in [1.165, 1.54) is 10.5 Å². The summed E-state index contributed by atoms with van der Waals surface area (Å²) in [6.45, 7) is 6.42. The third kappa shape index (κ3) is 4.56. The van der Waals surface area contributed by atoms with Gasteiger partial charge < -0.3 is 14.2 Å². The van der Waals surface area contributed by atoms with Gasteiger partial charge in [0.1, 0.15) is 5.58 Å². The summed E-state index contributed by atoms with van der Waals surface area (Å²) in [6.07, 6.45) is 6.12. The van der Waals surface area contributed by atoms with Crippen LogP contribution in [-0.4, -0.2) is 58.6 Å². The van der Waals surface area contributed by atoms with E-state index in [-0.39, 0.29) is 23.7 Å². The fraction of sp³-hybridized carbons (Fsp3) is 0.480. The average molecular weight is 437 g/mol. The number of carbonyl (C=O) groups is 2. The highest BCUT2D eigenvalue weighted by molar-refractivity contribution is 5.96. The van der Waals surface area contributed by atoms with Gasteiger partial charge in [-0.3, -0.25) is 14.3 Å². The van der Waals surface area contributed by atoms with E-state index in [2.05, 4.69) is 31.1 Å². The number of amides is 2. The molecule has 170 valence electrons. The number of hydrogen-bond acceptors (Lipinski definition) is 4. The minimum atomic E-state index is -0.135. The Labute approximate surface area is 189 Å². The Kier molecular flexibility index (Phi) is 6.35. The van der Waals surface area contributed by atoms with Crippen LogP contribution >= 0.6 is 0 Å². The highest BCUT2D eigenvalue weighted by atomic mass is 16.3. The van der Waals surface area contributed by atoms with Gasteiger partial charge in [-0.15, -0.1) is 0 Å². The van der Waals surface area contributed by atoms with E-state index in [9.17, 15) is 9.59 Å². The molecule has 2 aromatic heterocycles. The quantitative estimate of drug-likeness (QED) is 0.579. The van der Waals surface area contributed by atoms with E-state index in [4.69, 9.17) is 4.42 Å². The highest BCUT2D eigenvalue weighted by Gasteiger charge is 2.26. The maximum atomic E-state index is 12.8. The molecule has 7 heteroatoms. The molecule has 0 unspecified atom stereocenters. The normalized spacial score (nSPS) is 16.7. The van der Waals surface area contributed by atoms with Crippen LogP contribution in [0.25, 0.3) is 11.0 Å². The van der Waals surface area contributed by atoms with Crippen molar-refractivity contribution in [1.82, 2.24) is 19.6 Å². The Hall–Kier alpha value is -3.09. The van der Waals surface area contributed by atoms with E-state index >= 15 is 0 Å². The smallest absolute Gasteiger partial charge is 0.289 e. The highest BCUT2D eigenvalue weighted by Crippen LogP contribution is 2.35. The van der Waals surface area contributed by atoms with Crippen LogP contribution in [0, 0.1) is 0 Å². The molecule has 1 saturated heterocycles. The third-order valence-electron chi connectivity index (χ3n) is 6.27. The van der Waals surface area contributed by atoms with Crippen molar-refractivity contribution in [3.63, 3.8) is 0 Å². The summed E-state index contributed by atoms with van der Waals surface area (Å²) >= 11 is 0. The fourth-order valence-corrected chi connectivity index (χ4v) is 4.47. The largest absolute Gasteiger partial charge is 0.451 e. The van der Waals surface area contributed by atoms with Crippen molar-refractivity contribution < 1.29 is 14.0 Å². The molecule has 1 aliphatic rings. The molecule has 1 aliphatic heterocycles. The summed E-state index contributed by atoms with van der Waals surface area (Å²) in [7, 11) is 3.45. The number of aromatic nitrogens is 2. The summed E-state index contributed by atoms with van der Waals surface area (Å²) in [5.41, 5.74) is 3.12. The molecule has 0 N–H and O–H groups in total. The number of hydrogen-bond donors (Lipinski definition) is 0. The molecular weight excluding hydrogens is 404 g/mol. The molecule has 1 aromatic carbocycles. The standard InChI is InChI=1S/C25H32N4O3/c1-17(2)21-14-19(13-20-15-22(32-24(20)21)25(31)27(3)4)18-7-5-10-28(16-18)23(30)8-12-29-11-6-9-26-29/h6,9,11,13-15,17-18H,5,7-8,10,12,16H2,1-4H3/t18-/m1/s1. The van der Waals surface area contributed by atoms with Crippen molar-refractivity contribution in [2.24, 2.45) is 0 Å². The molecule has 0 spiro atoms. The topological polar surface area (TPSA) is 71.6 Å². The maximum Gasteiger partial charge on any atom is 0.289 e. The number of furan rings is 1. The zero-order chi connectivity index (χ0) is 22.8. The first-order valence-corrected chi connectivity index (χ1v) is 11.4. The molecule has 3 aromatic rings. The minimum Gasteiger partial charge on any atom is -0.451 e. The Morgan fingerprint density at radius 2 is 2.06 bits per heavy atom. The number of piperidine rings is 1. The first-order valence-electron chi connectivity index (χ1n) is 11.4. The van der Waals surface area contributed by atoms with E-state index in [0.29, 0.717) is 18.7 Å². The number of nitrogens with zero attached hydrogens (tertiary/aromatic N) is 4. The Balaban J connectivity index is 1.56. The first-order chi connectivity index (χ1) is 15.3. The van der Waals surface area contributed by atoms with Crippen molar-refractivity contribution >= 4 is 22.8 Å². The molecule has 3 heterocycles. The van der Waals surface area contributed by atoms with Gasteiger partial charge in [0, 0.05) is 63.8 Å². The number of rotatable bonds is 6. The molecule has 0 saturated carbocycles. The lowest BCUT2D eigenvalue weighted by Crippen LogP contribution is -2.39. The van der Waals surface area contributed by atoms with Gasteiger partial charge in [0.2, 0.25) is 5.91 Å². The Morgan fingerprint density at radius 1 is 1.25 bits per heavy atom. The Bertz CT molecular complexity index is 1100. The number of likely N-dealkylation sites (tertiary alicyclic amines) is 1. The van der Waals surface area contributed by atoms with Gasteiger partial charge in [-0.25, -0.2) is 0 Å². The fourth-order valence-electron chi connectivity index (χ4n) is 4.47. The van der Waals surface area contributed by atoms with Crippen molar-refractivity contribution in [2.45, 2.75) is 51.5 Å². The van der Waals surface area contributed by atoms with Crippen LogP contribution in [0.2, 0.25) is 0 Å². The van der Waals surface area contributed by atoms with Gasteiger partial charge >= 0.3 is 0 Å². The van der Waals surface area contributed by atoms with Crippen molar-refractivity contribution in [3.05, 3.63) is 53.5 Å². The summed E-state index contributed by atoms with van der Waals surface area (Å²) in [5.74, 6) is 0.952. The predicted molar refractivity (Wildman–Crippen MR) is 124 cm³/mol. The van der Waals surface area contributed by atoms with Crippen LogP contribution in [0.15, 0.2) is 41.1 Å². The monoisotopic (exact) mass is 436 g/mol. The van der Waals surface area contributed by atoms with E-state index in [1.54, 1.807) is 25.0 Å². The molecule has 0 aliphatic carbocycles. The lowest BCUT2D eigenvalue weighted by molar-refractivity contribution is -0.132. The molecule has 4 rings (SSSR count). The van der Waals surface area contributed by atoms with Gasteiger partial charge in [-0.2, -0.15) is 5.10 Å². The molecule has 2 amide bonds. The van der Waals surface area contributed by atoms with Crippen LogP contribution in [0.3, 0.4) is 0 Å². The number of aryl methyl sites for hydroxylation is 1. The lowest BCUT2D eigenvalue weighted by atomic mass is 9.87. The van der Waals surface area contributed by atoms with Crippen LogP contribution in [0.1, 0.15) is 66.6 Å². The van der Waals surface area contributed by atoms with Crippen LogP contribution in [0.4, 0.5) is 0 Å². The van der Waals surface area contributed by atoms with Gasteiger partial charge in [-0.1, -0.05) is 19.9 Å². The SMILES string of the molecule is CC(C)c1cc([C@@H]2CCCN(C(=O)CCn3cccn3)C2)cc2cc(C(=O)N(C)C)oc12. The average Bonchev–Trinajstić information content (AvgIpc) is 3.45. The van der Waals surface area contributed by atoms with Crippen molar-refractivity contribution in [2.75, 3.05) is 27.2 Å². The molecular formula is C25H32N4O3. The molecule has 7 nitrogen and oxygen atoms in total. The van der Waals surface area contributed by atoms with Gasteiger partial charge in [0.25, 0.3) is 5.91 Å². The summed E-state index contributed by atoms with van der Waals surface area (Å²) in [4.78, 5) is 28.8. The van der Waals surface area contributed by atoms with Gasteiger partial charge in [0.05, 0.1) is 0 Å². The third-order valence-corrected chi connectivity index (χ3v) is 6.27. The van der Waals surface area contributed by atoms with Crippen molar-refractivity contribution in [1.29, 1.82) is 0 Å². The Morgan fingerprint density at radius 3 is 2.75 bits per heavy atom. The number of fused-ring (bicyclic) bond motifs is 1. The lowest BCUT2D eigenvalue weighted by Gasteiger charge is -2.33. The molecule has 1 atom stereocenters. The summed E-state index contributed by atoms with van der Waals surface area (Å²) < 4.78 is 7.79. The summed E-state index contributed by atoms with van der Waals surface area (Å²) in [5, 5.41) is 5.14. The molecule has 1 fully saturated rings. The maximum absolute atomic E-state index is 12.8. The van der Waals surface area contributed by atoms with Crippen LogP contribution in [0.5, 0.6) is 0 Å². The molecule has 0 bridgehead atoms. The second-order valence-corrected chi connectivity index (χ2v) is 9.19. The predicted octanol–water partition coefficient (Wildman–Crippen LogP) is 4.25. The second kappa shape index (κ2) is 9.18. The van der Waals surface area contributed by atoms with E-state index < -0.39 is 0 Å². The second-order valence-electron chi connectivity index (χ2n) is 9.19. The zero-order valence-electron chi connectivity index (χ0n) is 19.4. The summed E-state index contributed by atoms with van der Waals surface area (Å²) in [6, 6.07) is 8.07. The van der Waals surface area contributed by atoms with Gasteiger partial charge in [0.15, 0.2) is 5.76 Å². The van der Waals surface area contributed by atoms with E-state index in [1.807, 2.05) is 23.2 Å². The van der Waals surface area contributed by atoms with Crippen molar-refractivity contribution in [3.8, 4) is 0 Å². The van der Waals surface area contributed by atoms with Crippen LogP contribution < -0.4 is 0 Å². The first kappa shape index (κ1) is 22.1. The molecule has 0 radical (unpaired) electrons. The minimum absolute atomic E-state index is 0.135. The molecule has 32 heavy (non-hydrogen) atoms. The van der Waals surface area contributed by atoms with Crippen LogP contribution in [-0.2, 0) is 11.3 Å². The number of benzene rings is 1. The van der Waals surface area contributed by atoms with E-state index in [0.717, 1.165) is 42.5 Å².